The summed E-state index contributed by atoms with van der Waals surface area (Å²) < 4.78 is 6.93. The van der Waals surface area contributed by atoms with Gasteiger partial charge in [0.25, 0.3) is 11.6 Å². The molecule has 1 amide bonds. The first kappa shape index (κ1) is 19.1. The summed E-state index contributed by atoms with van der Waals surface area (Å²) in [5, 5.41) is 22.0. The van der Waals surface area contributed by atoms with Gasteiger partial charge in [-0.25, -0.2) is 14.6 Å². The first-order chi connectivity index (χ1) is 14.6. The van der Waals surface area contributed by atoms with E-state index in [1.807, 2.05) is 12.1 Å². The van der Waals surface area contributed by atoms with Crippen molar-refractivity contribution in [1.29, 1.82) is 0 Å². The van der Waals surface area contributed by atoms with E-state index in [4.69, 9.17) is 4.42 Å². The second-order valence-electron chi connectivity index (χ2n) is 6.29. The molecule has 0 spiro atoms. The van der Waals surface area contributed by atoms with E-state index in [0.29, 0.717) is 24.6 Å². The van der Waals surface area contributed by atoms with Crippen molar-refractivity contribution >= 4 is 28.4 Å². The van der Waals surface area contributed by atoms with Crippen LogP contribution in [0, 0.1) is 10.1 Å². The fourth-order valence-corrected chi connectivity index (χ4v) is 2.98. The van der Waals surface area contributed by atoms with E-state index in [1.54, 1.807) is 23.2 Å². The van der Waals surface area contributed by atoms with Crippen molar-refractivity contribution in [2.45, 2.75) is 13.1 Å². The lowest BCUT2D eigenvalue weighted by atomic mass is 10.1. The molecule has 0 atom stereocenters. The molecular formula is C19H17N7O4. The number of aromatic nitrogens is 4. The molecule has 0 radical (unpaired) electrons. The second kappa shape index (κ2) is 8.39. The number of nitrogens with one attached hydrogen (secondary N) is 2. The van der Waals surface area contributed by atoms with Crippen LogP contribution >= 0.6 is 0 Å². The van der Waals surface area contributed by atoms with Gasteiger partial charge in [-0.05, 0) is 18.2 Å². The number of furan rings is 1. The van der Waals surface area contributed by atoms with Gasteiger partial charge in [-0.1, -0.05) is 12.1 Å². The number of hydrogen-bond donors (Lipinski definition) is 2. The molecule has 3 heterocycles. The Balaban J connectivity index is 1.42. The van der Waals surface area contributed by atoms with Gasteiger partial charge in [0.1, 0.15) is 23.5 Å². The van der Waals surface area contributed by atoms with Gasteiger partial charge >= 0.3 is 0 Å². The largest absolute Gasteiger partial charge is 0.467 e. The van der Waals surface area contributed by atoms with Gasteiger partial charge in [0.15, 0.2) is 5.65 Å². The van der Waals surface area contributed by atoms with Crippen LogP contribution in [0.4, 0.5) is 11.5 Å². The Labute approximate surface area is 169 Å². The number of carbonyl (C=O) groups is 1. The van der Waals surface area contributed by atoms with Crippen LogP contribution in [0.2, 0.25) is 0 Å². The summed E-state index contributed by atoms with van der Waals surface area (Å²) in [6.45, 7) is 1.03. The Morgan fingerprint density at radius 1 is 1.20 bits per heavy atom. The highest BCUT2D eigenvalue weighted by Crippen LogP contribution is 2.20. The molecule has 0 bridgehead atoms. The van der Waals surface area contributed by atoms with Crippen LogP contribution in [0.25, 0.3) is 11.0 Å². The molecule has 0 unspecified atom stereocenters. The van der Waals surface area contributed by atoms with Crippen LogP contribution in [-0.2, 0) is 13.1 Å². The summed E-state index contributed by atoms with van der Waals surface area (Å²) >= 11 is 0. The highest BCUT2D eigenvalue weighted by molar-refractivity contribution is 5.98. The second-order valence-corrected chi connectivity index (χ2v) is 6.29. The van der Waals surface area contributed by atoms with Crippen molar-refractivity contribution < 1.29 is 14.1 Å². The Hall–Kier alpha value is -4.28. The molecule has 0 saturated heterocycles. The zero-order valence-corrected chi connectivity index (χ0v) is 15.7. The number of para-hydroxylation sites is 1. The molecule has 0 fully saturated rings. The smallest absolute Gasteiger partial charge is 0.282 e. The number of anilines is 1. The summed E-state index contributed by atoms with van der Waals surface area (Å²) in [6.07, 6.45) is 4.67. The normalized spacial score (nSPS) is 10.8. The number of amides is 1. The van der Waals surface area contributed by atoms with E-state index in [2.05, 4.69) is 25.7 Å². The zero-order chi connectivity index (χ0) is 20.9. The lowest BCUT2D eigenvalue weighted by molar-refractivity contribution is -0.385. The van der Waals surface area contributed by atoms with Crippen molar-refractivity contribution in [2.75, 3.05) is 11.9 Å². The average Bonchev–Trinajstić information content (AvgIpc) is 3.42. The minimum absolute atomic E-state index is 0.0135. The topological polar surface area (TPSA) is 141 Å². The molecule has 0 saturated carbocycles. The maximum Gasteiger partial charge on any atom is 0.282 e. The number of rotatable bonds is 8. The van der Waals surface area contributed by atoms with Crippen molar-refractivity contribution in [3.8, 4) is 0 Å². The lowest BCUT2D eigenvalue weighted by Gasteiger charge is -2.07. The molecule has 0 aliphatic rings. The van der Waals surface area contributed by atoms with Crippen LogP contribution < -0.4 is 10.6 Å². The Kier molecular flexibility index (Phi) is 5.33. The van der Waals surface area contributed by atoms with Gasteiger partial charge in [-0.3, -0.25) is 14.9 Å². The number of nitro benzene ring substituents is 1. The molecule has 2 N–H and O–H groups in total. The third-order valence-corrected chi connectivity index (χ3v) is 4.40. The minimum atomic E-state index is -0.579. The number of hydrogen-bond acceptors (Lipinski definition) is 8. The van der Waals surface area contributed by atoms with Crippen molar-refractivity contribution in [2.24, 2.45) is 0 Å². The third-order valence-electron chi connectivity index (χ3n) is 4.40. The fourth-order valence-electron chi connectivity index (χ4n) is 2.98. The molecule has 1 aromatic carbocycles. The van der Waals surface area contributed by atoms with E-state index in [9.17, 15) is 14.9 Å². The van der Waals surface area contributed by atoms with Crippen LogP contribution in [0.5, 0.6) is 0 Å². The maximum absolute atomic E-state index is 12.3. The lowest BCUT2D eigenvalue weighted by Crippen LogP contribution is -2.28. The predicted octanol–water partition coefficient (Wildman–Crippen LogP) is 2.37. The molecular weight excluding hydrogens is 390 g/mol. The number of benzene rings is 1. The van der Waals surface area contributed by atoms with Gasteiger partial charge in [0.2, 0.25) is 0 Å². The summed E-state index contributed by atoms with van der Waals surface area (Å²) in [5.41, 5.74) is 0.381. The molecule has 30 heavy (non-hydrogen) atoms. The summed E-state index contributed by atoms with van der Waals surface area (Å²) in [7, 11) is 0. The van der Waals surface area contributed by atoms with Gasteiger partial charge in [0.05, 0.1) is 35.9 Å². The van der Waals surface area contributed by atoms with Gasteiger partial charge in [0, 0.05) is 12.6 Å². The number of nitrogens with zero attached hydrogens (tertiary/aromatic N) is 5. The SMILES string of the molecule is O=C(NCCn1ncc2c(NCc3ccco3)ncnc21)c1ccccc1[N+](=O)[O-]. The number of nitro groups is 1. The Bertz CT molecular complexity index is 1190. The fraction of sp³-hybridized carbons (Fsp3) is 0.158. The first-order valence-electron chi connectivity index (χ1n) is 9.08. The van der Waals surface area contributed by atoms with Crippen LogP contribution in [0.3, 0.4) is 0 Å². The van der Waals surface area contributed by atoms with E-state index in [0.717, 1.165) is 11.1 Å². The van der Waals surface area contributed by atoms with Crippen LogP contribution in [0.1, 0.15) is 16.1 Å². The Morgan fingerprint density at radius 2 is 2.07 bits per heavy atom. The summed E-state index contributed by atoms with van der Waals surface area (Å²) in [4.78, 5) is 31.3. The average molecular weight is 407 g/mol. The highest BCUT2D eigenvalue weighted by atomic mass is 16.6. The quantitative estimate of drug-likeness (QED) is 0.335. The van der Waals surface area contributed by atoms with Gasteiger partial charge < -0.3 is 15.1 Å². The van der Waals surface area contributed by atoms with Crippen LogP contribution in [-0.4, -0.2) is 37.1 Å². The molecule has 0 aliphatic carbocycles. The third kappa shape index (κ3) is 3.94. The molecule has 152 valence electrons. The molecule has 0 aliphatic heterocycles. The summed E-state index contributed by atoms with van der Waals surface area (Å²) in [5.74, 6) is 0.868. The highest BCUT2D eigenvalue weighted by Gasteiger charge is 2.19. The molecule has 3 aromatic heterocycles. The molecule has 4 rings (SSSR count). The van der Waals surface area contributed by atoms with Crippen molar-refractivity contribution in [3.63, 3.8) is 0 Å². The Morgan fingerprint density at radius 3 is 2.87 bits per heavy atom. The monoisotopic (exact) mass is 407 g/mol. The number of carbonyl (C=O) groups excluding carboxylic acids is 1. The van der Waals surface area contributed by atoms with Crippen molar-refractivity contribution in [1.82, 2.24) is 25.1 Å². The number of fused-ring (bicyclic) bond motifs is 1. The maximum atomic E-state index is 12.3. The van der Waals surface area contributed by atoms with Gasteiger partial charge in [-0.2, -0.15) is 5.10 Å². The first-order valence-corrected chi connectivity index (χ1v) is 9.08. The van der Waals surface area contributed by atoms with E-state index >= 15 is 0 Å². The zero-order valence-electron chi connectivity index (χ0n) is 15.7. The standard InChI is InChI=1S/C19H17N7O4/c27-19(14-5-1-2-6-16(14)26(28)29)20-7-8-25-18-15(11-24-25)17(22-12-23-18)21-10-13-4-3-9-30-13/h1-6,9,11-12H,7-8,10H2,(H,20,27)(H,21,22,23). The molecule has 11 heteroatoms. The van der Waals surface area contributed by atoms with Crippen molar-refractivity contribution in [3.05, 3.63) is 76.6 Å². The van der Waals surface area contributed by atoms with Gasteiger partial charge in [-0.15, -0.1) is 0 Å². The molecule has 4 aromatic rings. The molecule has 11 nitrogen and oxygen atoms in total. The minimum Gasteiger partial charge on any atom is -0.467 e. The van der Waals surface area contributed by atoms with Crippen LogP contribution in [0.15, 0.2) is 59.6 Å². The van der Waals surface area contributed by atoms with E-state index in [1.165, 1.54) is 24.5 Å². The van der Waals surface area contributed by atoms with E-state index in [-0.39, 0.29) is 17.8 Å². The van der Waals surface area contributed by atoms with E-state index < -0.39 is 10.8 Å². The predicted molar refractivity (Wildman–Crippen MR) is 107 cm³/mol. The summed E-state index contributed by atoms with van der Waals surface area (Å²) in [6, 6.07) is 9.47.